The molecule has 5 nitrogen and oxygen atoms in total. The van der Waals surface area contributed by atoms with Crippen LogP contribution in [-0.2, 0) is 14.5 Å². The van der Waals surface area contributed by atoms with Gasteiger partial charge >= 0.3 is 10.3 Å². The van der Waals surface area contributed by atoms with Gasteiger partial charge in [-0.25, -0.2) is 5.14 Å². The van der Waals surface area contributed by atoms with E-state index in [1.165, 1.54) is 0 Å². The molecular formula is C9H13NO4S. The molecule has 0 atom stereocenters. The number of hydrogen-bond donors (Lipinski definition) is 1. The first kappa shape index (κ1) is 12.0. The van der Waals surface area contributed by atoms with Crippen molar-refractivity contribution in [2.24, 2.45) is 5.14 Å². The molecule has 0 saturated carbocycles. The number of para-hydroxylation sites is 1. The average Bonchev–Trinajstić information content (AvgIpc) is 2.17. The molecule has 6 heteroatoms. The summed E-state index contributed by atoms with van der Waals surface area (Å²) in [4.78, 5) is 0. The van der Waals surface area contributed by atoms with Crippen LogP contribution >= 0.6 is 0 Å². The first-order valence-corrected chi connectivity index (χ1v) is 5.90. The maximum atomic E-state index is 10.4. The lowest BCUT2D eigenvalue weighted by Crippen LogP contribution is -2.17. The normalized spacial score (nSPS) is 11.3. The van der Waals surface area contributed by atoms with Crippen molar-refractivity contribution in [3.05, 3.63) is 30.3 Å². The van der Waals surface area contributed by atoms with Gasteiger partial charge in [-0.1, -0.05) is 18.2 Å². The Labute approximate surface area is 89.1 Å². The van der Waals surface area contributed by atoms with Crippen LogP contribution in [0.4, 0.5) is 0 Å². The minimum atomic E-state index is -3.82. The van der Waals surface area contributed by atoms with E-state index in [0.717, 1.165) is 5.75 Å². The molecule has 84 valence electrons. The standard InChI is InChI=1S/C9H13NO4S/c10-15(11,12)14-8-4-7-13-9-5-2-1-3-6-9/h1-3,5-6H,4,7-8H2,(H2,10,11,12). The second-order valence-corrected chi connectivity index (χ2v) is 4.05. The summed E-state index contributed by atoms with van der Waals surface area (Å²) in [6.07, 6.45) is 0.464. The van der Waals surface area contributed by atoms with E-state index in [1.807, 2.05) is 30.3 Å². The van der Waals surface area contributed by atoms with Crippen LogP contribution in [0, 0.1) is 0 Å². The van der Waals surface area contributed by atoms with Gasteiger partial charge in [-0.15, -0.1) is 0 Å². The highest BCUT2D eigenvalue weighted by Crippen LogP contribution is 2.08. The Bertz CT molecular complexity index is 376. The molecule has 1 rings (SSSR count). The van der Waals surface area contributed by atoms with Gasteiger partial charge in [0.1, 0.15) is 5.75 Å². The van der Waals surface area contributed by atoms with Crippen LogP contribution in [0.15, 0.2) is 30.3 Å². The minimum Gasteiger partial charge on any atom is -0.494 e. The van der Waals surface area contributed by atoms with Crippen molar-refractivity contribution in [2.45, 2.75) is 6.42 Å². The molecule has 0 heterocycles. The van der Waals surface area contributed by atoms with Gasteiger partial charge in [-0.2, -0.15) is 8.42 Å². The average molecular weight is 231 g/mol. The number of hydrogen-bond acceptors (Lipinski definition) is 4. The molecule has 1 aromatic carbocycles. The van der Waals surface area contributed by atoms with E-state index in [2.05, 4.69) is 9.32 Å². The number of nitrogens with two attached hydrogens (primary N) is 1. The van der Waals surface area contributed by atoms with Gasteiger partial charge in [0.25, 0.3) is 0 Å². The van der Waals surface area contributed by atoms with E-state index >= 15 is 0 Å². The number of ether oxygens (including phenoxy) is 1. The van der Waals surface area contributed by atoms with Gasteiger partial charge < -0.3 is 4.74 Å². The van der Waals surface area contributed by atoms with Crippen LogP contribution in [0.2, 0.25) is 0 Å². The number of rotatable bonds is 6. The van der Waals surface area contributed by atoms with Gasteiger partial charge in [-0.3, -0.25) is 4.18 Å². The van der Waals surface area contributed by atoms with Crippen LogP contribution in [-0.4, -0.2) is 21.6 Å². The Balaban J connectivity index is 2.13. The van der Waals surface area contributed by atoms with Crippen molar-refractivity contribution in [3.63, 3.8) is 0 Å². The Kier molecular flexibility index (Phi) is 4.54. The van der Waals surface area contributed by atoms with E-state index in [-0.39, 0.29) is 6.61 Å². The molecule has 1 aromatic rings. The van der Waals surface area contributed by atoms with Gasteiger partial charge in [0.2, 0.25) is 0 Å². The highest BCUT2D eigenvalue weighted by Gasteiger charge is 2.00. The zero-order chi connectivity index (χ0) is 11.1. The molecule has 0 aliphatic rings. The highest BCUT2D eigenvalue weighted by molar-refractivity contribution is 7.84. The predicted molar refractivity (Wildman–Crippen MR) is 55.6 cm³/mol. The van der Waals surface area contributed by atoms with Gasteiger partial charge in [-0.05, 0) is 12.1 Å². The van der Waals surface area contributed by atoms with Crippen molar-refractivity contribution in [3.8, 4) is 5.75 Å². The Morgan fingerprint density at radius 3 is 2.40 bits per heavy atom. The number of benzene rings is 1. The molecule has 0 amide bonds. The summed E-state index contributed by atoms with van der Waals surface area (Å²) in [5.74, 6) is 0.744. The summed E-state index contributed by atoms with van der Waals surface area (Å²) >= 11 is 0. The summed E-state index contributed by atoms with van der Waals surface area (Å²) in [6.45, 7) is 0.422. The van der Waals surface area contributed by atoms with Gasteiger partial charge in [0.05, 0.1) is 13.2 Å². The molecule has 0 radical (unpaired) electrons. The maximum Gasteiger partial charge on any atom is 0.333 e. The first-order chi connectivity index (χ1) is 7.08. The van der Waals surface area contributed by atoms with E-state index in [4.69, 9.17) is 4.74 Å². The molecule has 0 unspecified atom stereocenters. The lowest BCUT2D eigenvalue weighted by molar-refractivity contribution is 0.251. The fourth-order valence-corrected chi connectivity index (χ4v) is 1.29. The van der Waals surface area contributed by atoms with E-state index in [1.54, 1.807) is 0 Å². The third kappa shape index (κ3) is 6.05. The Hall–Kier alpha value is -1.11. The molecule has 15 heavy (non-hydrogen) atoms. The summed E-state index contributed by atoms with van der Waals surface area (Å²) in [5.41, 5.74) is 0. The third-order valence-corrected chi connectivity index (χ3v) is 2.04. The summed E-state index contributed by atoms with van der Waals surface area (Å²) in [7, 11) is -3.82. The summed E-state index contributed by atoms with van der Waals surface area (Å²) < 4.78 is 30.4. The lowest BCUT2D eigenvalue weighted by Gasteiger charge is -2.05. The molecule has 0 spiro atoms. The monoisotopic (exact) mass is 231 g/mol. The quantitative estimate of drug-likeness (QED) is 0.730. The van der Waals surface area contributed by atoms with E-state index in [0.29, 0.717) is 13.0 Å². The third-order valence-electron chi connectivity index (χ3n) is 1.55. The topological polar surface area (TPSA) is 78.6 Å². The SMILES string of the molecule is NS(=O)(=O)OCCCOc1ccccc1. The van der Waals surface area contributed by atoms with Gasteiger partial charge in [0.15, 0.2) is 0 Å². The van der Waals surface area contributed by atoms with Crippen molar-refractivity contribution < 1.29 is 17.3 Å². The summed E-state index contributed by atoms with van der Waals surface area (Å²) in [5, 5.41) is 4.64. The molecule has 0 fully saturated rings. The lowest BCUT2D eigenvalue weighted by atomic mass is 10.3. The van der Waals surface area contributed by atoms with Crippen molar-refractivity contribution in [1.29, 1.82) is 0 Å². The van der Waals surface area contributed by atoms with Crippen LogP contribution in [0.1, 0.15) is 6.42 Å². The molecule has 0 saturated heterocycles. The molecule has 0 aliphatic carbocycles. The van der Waals surface area contributed by atoms with Crippen LogP contribution in [0.5, 0.6) is 5.75 Å². The molecular weight excluding hydrogens is 218 g/mol. The first-order valence-electron chi connectivity index (χ1n) is 4.43. The fraction of sp³-hybridized carbons (Fsp3) is 0.333. The van der Waals surface area contributed by atoms with Crippen molar-refractivity contribution in [2.75, 3.05) is 13.2 Å². The predicted octanol–water partition coefficient (Wildman–Crippen LogP) is 0.676. The Morgan fingerprint density at radius 1 is 1.13 bits per heavy atom. The second kappa shape index (κ2) is 5.69. The molecule has 0 bridgehead atoms. The Morgan fingerprint density at radius 2 is 1.80 bits per heavy atom. The smallest absolute Gasteiger partial charge is 0.333 e. The van der Waals surface area contributed by atoms with Crippen LogP contribution in [0.3, 0.4) is 0 Å². The summed E-state index contributed by atoms with van der Waals surface area (Å²) in [6, 6.07) is 9.24. The highest BCUT2D eigenvalue weighted by atomic mass is 32.2. The van der Waals surface area contributed by atoms with Crippen LogP contribution in [0.25, 0.3) is 0 Å². The maximum absolute atomic E-state index is 10.4. The zero-order valence-corrected chi connectivity index (χ0v) is 8.94. The molecule has 0 aromatic heterocycles. The zero-order valence-electron chi connectivity index (χ0n) is 8.13. The minimum absolute atomic E-state index is 0.0334. The van der Waals surface area contributed by atoms with Crippen LogP contribution < -0.4 is 9.88 Å². The van der Waals surface area contributed by atoms with Gasteiger partial charge in [0, 0.05) is 6.42 Å². The van der Waals surface area contributed by atoms with Crippen molar-refractivity contribution >= 4 is 10.3 Å². The van der Waals surface area contributed by atoms with E-state index < -0.39 is 10.3 Å². The van der Waals surface area contributed by atoms with Crippen molar-refractivity contribution in [1.82, 2.24) is 0 Å². The fourth-order valence-electron chi connectivity index (χ4n) is 0.941. The van der Waals surface area contributed by atoms with E-state index in [9.17, 15) is 8.42 Å². The molecule has 2 N–H and O–H groups in total. The largest absolute Gasteiger partial charge is 0.494 e. The second-order valence-electron chi connectivity index (χ2n) is 2.83. The molecule has 0 aliphatic heterocycles.